The Morgan fingerprint density at radius 1 is 1.11 bits per heavy atom. The minimum atomic E-state index is 0.204. The molecule has 0 saturated carbocycles. The van der Waals surface area contributed by atoms with Crippen molar-refractivity contribution in [2.24, 2.45) is 11.7 Å². The second-order valence-electron chi connectivity index (χ2n) is 8.32. The zero-order valence-corrected chi connectivity index (χ0v) is 16.8. The molecule has 2 aromatic carbocycles. The number of carbonyl (C=O) groups excluding carboxylic acids is 1. The number of amides is 1. The van der Waals surface area contributed by atoms with E-state index >= 15 is 0 Å². The minimum Gasteiger partial charge on any atom is -0.338 e. The van der Waals surface area contributed by atoms with Crippen molar-refractivity contribution in [3.05, 3.63) is 71.3 Å². The van der Waals surface area contributed by atoms with Gasteiger partial charge in [-0.25, -0.2) is 0 Å². The molecule has 0 spiro atoms. The lowest BCUT2D eigenvalue weighted by Gasteiger charge is -2.34. The summed E-state index contributed by atoms with van der Waals surface area (Å²) in [5.74, 6) is 1.04. The summed E-state index contributed by atoms with van der Waals surface area (Å²) in [6.45, 7) is 2.95. The standard InChI is InChI=1S/C24H31N3O/c1-26(23-13-7-11-18-10-5-6-12-21(18)23)24(28)17-27-15-20(14-25)22(16-27)19-8-3-2-4-9-19/h2-6,8-10,12,20,22-23H,7,11,13-17,25H2,1H3/t20-,22+,23?/m1/s1. The maximum absolute atomic E-state index is 13.1. The Balaban J connectivity index is 1.43. The predicted octanol–water partition coefficient (Wildman–Crippen LogP) is 3.20. The van der Waals surface area contributed by atoms with Gasteiger partial charge in [0.15, 0.2) is 0 Å². The Kier molecular flexibility index (Phi) is 5.79. The molecule has 1 fully saturated rings. The second kappa shape index (κ2) is 8.46. The van der Waals surface area contributed by atoms with Crippen LogP contribution in [0, 0.1) is 5.92 Å². The molecule has 2 aliphatic rings. The van der Waals surface area contributed by atoms with E-state index in [1.165, 1.54) is 16.7 Å². The summed E-state index contributed by atoms with van der Waals surface area (Å²) < 4.78 is 0. The molecular formula is C24H31N3O. The van der Waals surface area contributed by atoms with E-state index in [-0.39, 0.29) is 11.9 Å². The Morgan fingerprint density at radius 3 is 2.64 bits per heavy atom. The summed E-state index contributed by atoms with van der Waals surface area (Å²) in [6.07, 6.45) is 3.32. The molecule has 148 valence electrons. The summed E-state index contributed by atoms with van der Waals surface area (Å²) in [5.41, 5.74) is 10.1. The van der Waals surface area contributed by atoms with E-state index in [9.17, 15) is 4.79 Å². The normalized spacial score (nSPS) is 24.7. The van der Waals surface area contributed by atoms with Gasteiger partial charge < -0.3 is 10.6 Å². The number of rotatable bonds is 5. The van der Waals surface area contributed by atoms with Gasteiger partial charge in [0.25, 0.3) is 0 Å². The number of likely N-dealkylation sites (tertiary alicyclic amines) is 1. The molecule has 1 unspecified atom stereocenters. The van der Waals surface area contributed by atoms with Gasteiger partial charge in [0.1, 0.15) is 0 Å². The molecule has 2 aromatic rings. The molecule has 1 heterocycles. The summed E-state index contributed by atoms with van der Waals surface area (Å²) in [6, 6.07) is 19.4. The third-order valence-corrected chi connectivity index (χ3v) is 6.60. The Bertz CT molecular complexity index is 807. The number of fused-ring (bicyclic) bond motifs is 1. The van der Waals surface area contributed by atoms with Crippen LogP contribution in [0.1, 0.15) is 41.5 Å². The first-order valence-electron chi connectivity index (χ1n) is 10.5. The van der Waals surface area contributed by atoms with Gasteiger partial charge in [0.05, 0.1) is 12.6 Å². The average Bonchev–Trinajstić information content (AvgIpc) is 3.16. The smallest absolute Gasteiger partial charge is 0.237 e. The Morgan fingerprint density at radius 2 is 1.86 bits per heavy atom. The molecule has 4 nitrogen and oxygen atoms in total. The summed E-state index contributed by atoms with van der Waals surface area (Å²) in [4.78, 5) is 17.4. The van der Waals surface area contributed by atoms with E-state index in [1.54, 1.807) is 0 Å². The molecule has 2 N–H and O–H groups in total. The molecule has 1 saturated heterocycles. The SMILES string of the molecule is CN(C(=O)CN1C[C@@H](CN)[C@H](c2ccccc2)C1)C1CCCc2ccccc21. The van der Waals surface area contributed by atoms with Crippen LogP contribution in [-0.2, 0) is 11.2 Å². The molecule has 1 aliphatic carbocycles. The average molecular weight is 378 g/mol. The summed E-state index contributed by atoms with van der Waals surface area (Å²) in [7, 11) is 1.97. The number of nitrogens with two attached hydrogens (primary N) is 1. The highest BCUT2D eigenvalue weighted by Gasteiger charge is 2.35. The van der Waals surface area contributed by atoms with E-state index in [1.807, 2.05) is 18.0 Å². The van der Waals surface area contributed by atoms with Crippen LogP contribution in [0.4, 0.5) is 0 Å². The second-order valence-corrected chi connectivity index (χ2v) is 8.32. The number of hydrogen-bond acceptors (Lipinski definition) is 3. The number of benzene rings is 2. The van der Waals surface area contributed by atoms with Gasteiger partial charge in [0.2, 0.25) is 5.91 Å². The van der Waals surface area contributed by atoms with E-state index < -0.39 is 0 Å². The molecule has 28 heavy (non-hydrogen) atoms. The molecule has 3 atom stereocenters. The fraction of sp³-hybridized carbons (Fsp3) is 0.458. The number of nitrogens with zero attached hydrogens (tertiary/aromatic N) is 2. The van der Waals surface area contributed by atoms with Crippen LogP contribution in [0.15, 0.2) is 54.6 Å². The van der Waals surface area contributed by atoms with E-state index in [0.717, 1.165) is 32.4 Å². The summed E-state index contributed by atoms with van der Waals surface area (Å²) >= 11 is 0. The van der Waals surface area contributed by atoms with E-state index in [4.69, 9.17) is 5.73 Å². The van der Waals surface area contributed by atoms with Crippen molar-refractivity contribution in [1.29, 1.82) is 0 Å². The highest BCUT2D eigenvalue weighted by molar-refractivity contribution is 5.78. The largest absolute Gasteiger partial charge is 0.338 e. The van der Waals surface area contributed by atoms with Crippen LogP contribution >= 0.6 is 0 Å². The lowest BCUT2D eigenvalue weighted by molar-refractivity contribution is -0.133. The third-order valence-electron chi connectivity index (χ3n) is 6.60. The molecule has 1 amide bonds. The van der Waals surface area contributed by atoms with Crippen molar-refractivity contribution in [3.63, 3.8) is 0 Å². The predicted molar refractivity (Wildman–Crippen MR) is 113 cm³/mol. The highest BCUT2D eigenvalue weighted by Crippen LogP contribution is 2.35. The molecular weight excluding hydrogens is 346 g/mol. The fourth-order valence-corrected chi connectivity index (χ4v) is 5.01. The lowest BCUT2D eigenvalue weighted by atomic mass is 9.87. The van der Waals surface area contributed by atoms with Gasteiger partial charge in [-0.3, -0.25) is 9.69 Å². The summed E-state index contributed by atoms with van der Waals surface area (Å²) in [5, 5.41) is 0. The zero-order valence-electron chi connectivity index (χ0n) is 16.8. The lowest BCUT2D eigenvalue weighted by Crippen LogP contribution is -2.40. The van der Waals surface area contributed by atoms with Crippen molar-refractivity contribution < 1.29 is 4.79 Å². The molecule has 0 bridgehead atoms. The van der Waals surface area contributed by atoms with Crippen LogP contribution in [0.25, 0.3) is 0 Å². The van der Waals surface area contributed by atoms with Crippen molar-refractivity contribution in [2.75, 3.05) is 33.2 Å². The first kappa shape index (κ1) is 19.2. The van der Waals surface area contributed by atoms with Crippen molar-refractivity contribution in [1.82, 2.24) is 9.80 Å². The Labute approximate surface area is 168 Å². The number of aryl methyl sites for hydroxylation is 1. The van der Waals surface area contributed by atoms with Gasteiger partial charge in [0, 0.05) is 26.1 Å². The van der Waals surface area contributed by atoms with E-state index in [2.05, 4.69) is 53.4 Å². The van der Waals surface area contributed by atoms with Gasteiger partial charge in [-0.1, -0.05) is 54.6 Å². The van der Waals surface area contributed by atoms with Crippen LogP contribution in [-0.4, -0.2) is 48.9 Å². The number of likely N-dealkylation sites (N-methyl/N-ethyl adjacent to an activating group) is 1. The quantitative estimate of drug-likeness (QED) is 0.871. The van der Waals surface area contributed by atoms with Crippen LogP contribution in [0.5, 0.6) is 0 Å². The number of carbonyl (C=O) groups is 1. The van der Waals surface area contributed by atoms with Crippen LogP contribution in [0.3, 0.4) is 0 Å². The number of hydrogen-bond donors (Lipinski definition) is 1. The highest BCUT2D eigenvalue weighted by atomic mass is 16.2. The fourth-order valence-electron chi connectivity index (χ4n) is 5.01. The van der Waals surface area contributed by atoms with Gasteiger partial charge in [-0.15, -0.1) is 0 Å². The molecule has 4 heteroatoms. The first-order chi connectivity index (χ1) is 13.7. The minimum absolute atomic E-state index is 0.204. The Hall–Kier alpha value is -2.17. The van der Waals surface area contributed by atoms with Gasteiger partial charge in [-0.2, -0.15) is 0 Å². The van der Waals surface area contributed by atoms with E-state index in [0.29, 0.717) is 24.9 Å². The topological polar surface area (TPSA) is 49.6 Å². The molecule has 0 aromatic heterocycles. The van der Waals surface area contributed by atoms with Gasteiger partial charge >= 0.3 is 0 Å². The van der Waals surface area contributed by atoms with Crippen LogP contribution < -0.4 is 5.73 Å². The third kappa shape index (κ3) is 3.85. The maximum Gasteiger partial charge on any atom is 0.237 e. The maximum atomic E-state index is 13.1. The monoisotopic (exact) mass is 377 g/mol. The van der Waals surface area contributed by atoms with Crippen molar-refractivity contribution in [3.8, 4) is 0 Å². The molecule has 1 aliphatic heterocycles. The van der Waals surface area contributed by atoms with Gasteiger partial charge in [-0.05, 0) is 48.4 Å². The zero-order chi connectivity index (χ0) is 19.5. The van der Waals surface area contributed by atoms with Crippen molar-refractivity contribution in [2.45, 2.75) is 31.2 Å². The van der Waals surface area contributed by atoms with Crippen LogP contribution in [0.2, 0.25) is 0 Å². The molecule has 4 rings (SSSR count). The first-order valence-corrected chi connectivity index (χ1v) is 10.5. The molecule has 0 radical (unpaired) electrons. The van der Waals surface area contributed by atoms with Crippen molar-refractivity contribution >= 4 is 5.91 Å².